The Morgan fingerprint density at radius 2 is 2.10 bits per heavy atom. The lowest BCUT2D eigenvalue weighted by Crippen LogP contribution is -2.12. The molecule has 0 bridgehead atoms. The zero-order valence-corrected chi connectivity index (χ0v) is 13.1. The maximum Gasteiger partial charge on any atom is 0.391 e. The number of aromatic nitrogens is 2. The van der Waals surface area contributed by atoms with Gasteiger partial charge in [0.15, 0.2) is 0 Å². The lowest BCUT2D eigenvalue weighted by Gasteiger charge is -2.08. The molecule has 0 aliphatic carbocycles. The molecule has 1 rings (SSSR count). The first-order valence-corrected chi connectivity index (χ1v) is 8.52. The van der Waals surface area contributed by atoms with Crippen molar-refractivity contribution >= 4 is 19.7 Å². The van der Waals surface area contributed by atoms with Crippen LogP contribution in [0.15, 0.2) is 11.1 Å². The number of hydrogen-bond donors (Lipinski definition) is 0. The summed E-state index contributed by atoms with van der Waals surface area (Å²) in [7, 11) is 1.26. The van der Waals surface area contributed by atoms with Crippen LogP contribution in [0.3, 0.4) is 0 Å². The van der Waals surface area contributed by atoms with Gasteiger partial charge in [0.1, 0.15) is 10.6 Å². The average molecular weight is 349 g/mol. The van der Waals surface area contributed by atoms with Crippen LogP contribution >= 0.6 is 10.7 Å². The second kappa shape index (κ2) is 6.97. The third-order valence-electron chi connectivity index (χ3n) is 2.84. The Hall–Kier alpha value is -0.800. The van der Waals surface area contributed by atoms with Crippen molar-refractivity contribution in [3.05, 3.63) is 11.9 Å². The Balaban J connectivity index is 2.82. The normalized spacial score (nSPS) is 14.4. The van der Waals surface area contributed by atoms with Gasteiger partial charge in [0.05, 0.1) is 19.6 Å². The minimum Gasteiger partial charge on any atom is -0.375 e. The first-order valence-electron chi connectivity index (χ1n) is 6.21. The van der Waals surface area contributed by atoms with E-state index in [1.54, 1.807) is 0 Å². The maximum absolute atomic E-state index is 12.0. The SMILES string of the molecule is CCC(C)n1cc(S(=O)(=O)Cl)c(COCCC(F)(F)F)n1. The van der Waals surface area contributed by atoms with Crippen molar-refractivity contribution in [2.45, 2.75) is 50.4 Å². The van der Waals surface area contributed by atoms with Crippen molar-refractivity contribution in [1.82, 2.24) is 9.78 Å². The summed E-state index contributed by atoms with van der Waals surface area (Å²) >= 11 is 0. The summed E-state index contributed by atoms with van der Waals surface area (Å²) in [4.78, 5) is -0.239. The quantitative estimate of drug-likeness (QED) is 0.560. The van der Waals surface area contributed by atoms with Crippen LogP contribution in [-0.2, 0) is 20.4 Å². The van der Waals surface area contributed by atoms with E-state index in [4.69, 9.17) is 15.4 Å². The van der Waals surface area contributed by atoms with Gasteiger partial charge >= 0.3 is 6.18 Å². The van der Waals surface area contributed by atoms with Crippen LogP contribution in [0.5, 0.6) is 0 Å². The van der Waals surface area contributed by atoms with Gasteiger partial charge in [0.2, 0.25) is 0 Å². The Kier molecular flexibility index (Phi) is 6.06. The zero-order chi connectivity index (χ0) is 16.3. The molecule has 1 heterocycles. The third kappa shape index (κ3) is 5.84. The molecule has 0 radical (unpaired) electrons. The molecular formula is C11H16ClF3N2O3S. The first kappa shape index (κ1) is 18.2. The van der Waals surface area contributed by atoms with Crippen molar-refractivity contribution in [2.24, 2.45) is 0 Å². The van der Waals surface area contributed by atoms with Crippen molar-refractivity contribution in [2.75, 3.05) is 6.61 Å². The molecule has 0 aliphatic heterocycles. The molecule has 0 fully saturated rings. The molecule has 1 aromatic rings. The van der Waals surface area contributed by atoms with E-state index in [1.165, 1.54) is 10.9 Å². The highest BCUT2D eigenvalue weighted by Gasteiger charge is 2.27. The van der Waals surface area contributed by atoms with Crippen molar-refractivity contribution in [3.8, 4) is 0 Å². The zero-order valence-electron chi connectivity index (χ0n) is 11.5. The van der Waals surface area contributed by atoms with E-state index < -0.39 is 28.3 Å². The van der Waals surface area contributed by atoms with Crippen LogP contribution in [0.4, 0.5) is 13.2 Å². The number of hydrogen-bond acceptors (Lipinski definition) is 4. The second-order valence-corrected chi connectivity index (χ2v) is 7.07. The number of alkyl halides is 3. The van der Waals surface area contributed by atoms with E-state index in [9.17, 15) is 21.6 Å². The van der Waals surface area contributed by atoms with Crippen LogP contribution in [0.1, 0.15) is 38.4 Å². The van der Waals surface area contributed by atoms with Crippen molar-refractivity contribution in [3.63, 3.8) is 0 Å². The van der Waals surface area contributed by atoms with E-state index in [0.29, 0.717) is 6.42 Å². The Morgan fingerprint density at radius 3 is 2.57 bits per heavy atom. The standard InChI is InChI=1S/C11H16ClF3N2O3S/c1-3-8(2)17-6-10(21(12,18)19)9(16-17)7-20-5-4-11(13,14)15/h6,8H,3-5,7H2,1-2H3. The van der Waals surface area contributed by atoms with Gasteiger partial charge < -0.3 is 4.74 Å². The Bertz CT molecular complexity index is 572. The molecule has 1 atom stereocenters. The van der Waals surface area contributed by atoms with E-state index >= 15 is 0 Å². The smallest absolute Gasteiger partial charge is 0.375 e. The van der Waals surface area contributed by atoms with Crippen LogP contribution in [0.2, 0.25) is 0 Å². The Morgan fingerprint density at radius 1 is 1.48 bits per heavy atom. The van der Waals surface area contributed by atoms with E-state index in [-0.39, 0.29) is 23.2 Å². The summed E-state index contributed by atoms with van der Waals surface area (Å²) in [5.41, 5.74) is 0.00692. The number of rotatable bonds is 7. The molecular weight excluding hydrogens is 333 g/mol. The number of ether oxygens (including phenoxy) is 1. The molecule has 0 saturated carbocycles. The molecule has 122 valence electrons. The van der Waals surface area contributed by atoms with Gasteiger partial charge in [-0.1, -0.05) is 6.92 Å². The monoisotopic (exact) mass is 348 g/mol. The third-order valence-corrected chi connectivity index (χ3v) is 4.21. The van der Waals surface area contributed by atoms with Gasteiger partial charge in [-0.3, -0.25) is 4.68 Å². The summed E-state index contributed by atoms with van der Waals surface area (Å²) in [6.45, 7) is 2.80. The molecule has 1 aromatic heterocycles. The maximum atomic E-state index is 12.0. The van der Waals surface area contributed by atoms with Crippen LogP contribution in [0.25, 0.3) is 0 Å². The van der Waals surface area contributed by atoms with Gasteiger partial charge in [-0.25, -0.2) is 8.42 Å². The van der Waals surface area contributed by atoms with Crippen molar-refractivity contribution in [1.29, 1.82) is 0 Å². The Labute approximate surface area is 125 Å². The summed E-state index contributed by atoms with van der Waals surface area (Å²) in [6, 6.07) is -0.0638. The average Bonchev–Trinajstić information content (AvgIpc) is 2.76. The molecule has 0 aromatic carbocycles. The fraction of sp³-hybridized carbons (Fsp3) is 0.727. The molecule has 10 heteroatoms. The fourth-order valence-electron chi connectivity index (χ4n) is 1.49. The lowest BCUT2D eigenvalue weighted by molar-refractivity contribution is -0.146. The number of halogens is 4. The topological polar surface area (TPSA) is 61.2 Å². The molecule has 5 nitrogen and oxygen atoms in total. The molecule has 21 heavy (non-hydrogen) atoms. The summed E-state index contributed by atoms with van der Waals surface area (Å²) < 4.78 is 65.1. The highest BCUT2D eigenvalue weighted by molar-refractivity contribution is 8.13. The molecule has 1 unspecified atom stereocenters. The van der Waals surface area contributed by atoms with Crippen LogP contribution < -0.4 is 0 Å². The first-order chi connectivity index (χ1) is 9.54. The van der Waals surface area contributed by atoms with E-state index in [1.807, 2.05) is 13.8 Å². The summed E-state index contributed by atoms with van der Waals surface area (Å²) in [6.07, 6.45) is -3.46. The molecule has 0 saturated heterocycles. The predicted molar refractivity (Wildman–Crippen MR) is 70.6 cm³/mol. The summed E-state index contributed by atoms with van der Waals surface area (Å²) in [5.74, 6) is 0. The van der Waals surface area contributed by atoms with E-state index in [2.05, 4.69) is 5.10 Å². The van der Waals surface area contributed by atoms with Crippen molar-refractivity contribution < 1.29 is 26.3 Å². The molecule has 0 amide bonds. The highest BCUT2D eigenvalue weighted by atomic mass is 35.7. The molecule has 0 N–H and O–H groups in total. The van der Waals surface area contributed by atoms with Gasteiger partial charge in [-0.15, -0.1) is 0 Å². The molecule has 0 spiro atoms. The minimum atomic E-state index is -4.32. The van der Waals surface area contributed by atoms with Crippen LogP contribution in [0, 0.1) is 0 Å². The van der Waals surface area contributed by atoms with E-state index in [0.717, 1.165) is 0 Å². The molecule has 0 aliphatic rings. The predicted octanol–water partition coefficient (Wildman–Crippen LogP) is 3.25. The largest absolute Gasteiger partial charge is 0.391 e. The van der Waals surface area contributed by atoms with Gasteiger partial charge in [-0.2, -0.15) is 18.3 Å². The second-order valence-electron chi connectivity index (χ2n) is 4.53. The lowest BCUT2D eigenvalue weighted by atomic mass is 10.3. The van der Waals surface area contributed by atoms with Gasteiger partial charge in [0, 0.05) is 22.9 Å². The summed E-state index contributed by atoms with van der Waals surface area (Å²) in [5, 5.41) is 4.03. The van der Waals surface area contributed by atoms with Gasteiger partial charge in [-0.05, 0) is 13.3 Å². The number of nitrogens with zero attached hydrogens (tertiary/aromatic N) is 2. The minimum absolute atomic E-state index is 0.00692. The van der Waals surface area contributed by atoms with Gasteiger partial charge in [0.25, 0.3) is 9.05 Å². The highest BCUT2D eigenvalue weighted by Crippen LogP contribution is 2.23. The van der Waals surface area contributed by atoms with Crippen LogP contribution in [-0.4, -0.2) is 31.0 Å². The fourth-order valence-corrected chi connectivity index (χ4v) is 2.49.